The van der Waals surface area contributed by atoms with Gasteiger partial charge in [0.15, 0.2) is 11.1 Å². The SMILES string of the molecule is CC(C)OC(=O)[C@@](CO)(NC=O)C1([C@](CO)(NC=O)C(=O)OC(C)C)CC1. The fraction of sp³-hybridized carbons (Fsp3) is 0.765. The van der Waals surface area contributed by atoms with Crippen LogP contribution in [0.1, 0.15) is 40.5 Å². The molecule has 0 radical (unpaired) electrons. The zero-order valence-corrected chi connectivity index (χ0v) is 16.0. The normalized spacial score (nSPS) is 19.4. The molecule has 1 aliphatic carbocycles. The topological polar surface area (TPSA) is 151 Å². The highest BCUT2D eigenvalue weighted by Crippen LogP contribution is 2.61. The molecular weight excluding hydrogens is 360 g/mol. The number of amides is 2. The average Bonchev–Trinajstić information content (AvgIpc) is 3.38. The van der Waals surface area contributed by atoms with Crippen LogP contribution in [0.4, 0.5) is 0 Å². The lowest BCUT2D eigenvalue weighted by atomic mass is 9.67. The van der Waals surface area contributed by atoms with Gasteiger partial charge in [0.25, 0.3) is 0 Å². The second kappa shape index (κ2) is 8.66. The molecule has 0 aromatic heterocycles. The van der Waals surface area contributed by atoms with Crippen molar-refractivity contribution < 1.29 is 38.9 Å². The van der Waals surface area contributed by atoms with Gasteiger partial charge < -0.3 is 30.3 Å². The molecule has 10 nitrogen and oxygen atoms in total. The van der Waals surface area contributed by atoms with E-state index in [2.05, 4.69) is 10.6 Å². The van der Waals surface area contributed by atoms with Crippen molar-refractivity contribution in [3.63, 3.8) is 0 Å². The van der Waals surface area contributed by atoms with Gasteiger partial charge in [-0.05, 0) is 40.5 Å². The number of esters is 2. The zero-order valence-electron chi connectivity index (χ0n) is 16.0. The summed E-state index contributed by atoms with van der Waals surface area (Å²) in [6, 6.07) is 0. The number of carbonyl (C=O) groups excluding carboxylic acids is 4. The zero-order chi connectivity index (χ0) is 20.9. The van der Waals surface area contributed by atoms with Crippen LogP contribution in [0.5, 0.6) is 0 Å². The predicted octanol–water partition coefficient (Wildman–Crippen LogP) is -1.38. The molecule has 27 heavy (non-hydrogen) atoms. The van der Waals surface area contributed by atoms with Gasteiger partial charge in [-0.15, -0.1) is 0 Å². The van der Waals surface area contributed by atoms with E-state index >= 15 is 0 Å². The Balaban J connectivity index is 3.59. The smallest absolute Gasteiger partial charge is 0.335 e. The number of ether oxygens (including phenoxy) is 2. The van der Waals surface area contributed by atoms with Crippen LogP contribution in [0.3, 0.4) is 0 Å². The average molecular weight is 388 g/mol. The van der Waals surface area contributed by atoms with Crippen molar-refractivity contribution in [2.45, 2.75) is 63.8 Å². The Morgan fingerprint density at radius 3 is 1.44 bits per heavy atom. The summed E-state index contributed by atoms with van der Waals surface area (Å²) < 4.78 is 10.4. The third-order valence-corrected chi connectivity index (χ3v) is 4.85. The first-order valence-electron chi connectivity index (χ1n) is 8.69. The molecule has 0 aromatic carbocycles. The van der Waals surface area contributed by atoms with Crippen LogP contribution in [0.25, 0.3) is 0 Å². The lowest BCUT2D eigenvalue weighted by molar-refractivity contribution is -0.176. The number of hydrogen-bond acceptors (Lipinski definition) is 8. The molecule has 0 unspecified atom stereocenters. The van der Waals surface area contributed by atoms with Crippen molar-refractivity contribution in [3.8, 4) is 0 Å². The maximum absolute atomic E-state index is 12.8. The Labute approximate surface area is 157 Å². The second-order valence-corrected chi connectivity index (χ2v) is 7.14. The molecule has 0 saturated heterocycles. The monoisotopic (exact) mass is 388 g/mol. The van der Waals surface area contributed by atoms with Gasteiger partial charge >= 0.3 is 11.9 Å². The minimum Gasteiger partial charge on any atom is -0.461 e. The van der Waals surface area contributed by atoms with E-state index in [9.17, 15) is 29.4 Å². The first kappa shape index (κ1) is 22.8. The number of carbonyl (C=O) groups is 4. The highest BCUT2D eigenvalue weighted by molar-refractivity contribution is 5.92. The molecule has 0 heterocycles. The fourth-order valence-electron chi connectivity index (χ4n) is 3.48. The Morgan fingerprint density at radius 2 is 1.26 bits per heavy atom. The molecule has 4 N–H and O–H groups in total. The van der Waals surface area contributed by atoms with Gasteiger partial charge in [0.1, 0.15) is 0 Å². The first-order chi connectivity index (χ1) is 12.6. The Hall–Kier alpha value is -2.20. The maximum atomic E-state index is 12.8. The number of aliphatic hydroxyl groups is 2. The van der Waals surface area contributed by atoms with Crippen molar-refractivity contribution in [2.75, 3.05) is 13.2 Å². The highest BCUT2D eigenvalue weighted by atomic mass is 16.6. The minimum atomic E-state index is -2.06. The quantitative estimate of drug-likeness (QED) is 0.236. The van der Waals surface area contributed by atoms with Gasteiger partial charge in [-0.3, -0.25) is 9.59 Å². The van der Waals surface area contributed by atoms with E-state index in [4.69, 9.17) is 9.47 Å². The second-order valence-electron chi connectivity index (χ2n) is 7.14. The molecule has 10 heteroatoms. The third-order valence-electron chi connectivity index (χ3n) is 4.85. The van der Waals surface area contributed by atoms with Gasteiger partial charge in [0.05, 0.1) is 25.4 Å². The molecule has 154 valence electrons. The highest BCUT2D eigenvalue weighted by Gasteiger charge is 2.76. The van der Waals surface area contributed by atoms with Crippen LogP contribution in [0.2, 0.25) is 0 Å². The molecule has 1 aliphatic rings. The summed E-state index contributed by atoms with van der Waals surface area (Å²) in [5.74, 6) is -1.96. The molecular formula is C17H28N2O8. The van der Waals surface area contributed by atoms with Gasteiger partial charge in [-0.25, -0.2) is 9.59 Å². The Kier molecular flexibility index (Phi) is 7.32. The van der Waals surface area contributed by atoms with Gasteiger partial charge in [-0.2, -0.15) is 0 Å². The summed E-state index contributed by atoms with van der Waals surface area (Å²) in [6.45, 7) is 4.50. The van der Waals surface area contributed by atoms with Crippen molar-refractivity contribution in [3.05, 3.63) is 0 Å². The standard InChI is InChI=1S/C17H28N2O8/c1-11(2)26-13(24)16(7-20,18-9-22)15(5-6-15)17(8-21,19-10-23)14(25)27-12(3)4/h9-12,20-21H,5-8H2,1-4H3,(H,18,22)(H,19,23)/t16-,17-/m1/s1. The van der Waals surface area contributed by atoms with Crippen molar-refractivity contribution >= 4 is 24.8 Å². The molecule has 0 aromatic rings. The lowest BCUT2D eigenvalue weighted by Gasteiger charge is -2.47. The summed E-state index contributed by atoms with van der Waals surface area (Å²) in [7, 11) is 0. The van der Waals surface area contributed by atoms with E-state index in [1.807, 2.05) is 0 Å². The van der Waals surface area contributed by atoms with E-state index in [0.717, 1.165) is 0 Å². The van der Waals surface area contributed by atoms with Crippen LogP contribution in [0, 0.1) is 5.41 Å². The minimum absolute atomic E-state index is 0.135. The molecule has 0 spiro atoms. The van der Waals surface area contributed by atoms with Crippen LogP contribution in [-0.4, -0.2) is 71.5 Å². The summed E-state index contributed by atoms with van der Waals surface area (Å²) in [5, 5.41) is 24.7. The van der Waals surface area contributed by atoms with E-state index in [0.29, 0.717) is 0 Å². The molecule has 0 bridgehead atoms. The maximum Gasteiger partial charge on any atom is 0.335 e. The Bertz CT molecular complexity index is 529. The third kappa shape index (κ3) is 3.77. The van der Waals surface area contributed by atoms with Gasteiger partial charge in [0, 0.05) is 5.41 Å². The first-order valence-corrected chi connectivity index (χ1v) is 8.69. The number of nitrogens with one attached hydrogen (secondary N) is 2. The van der Waals surface area contributed by atoms with Gasteiger partial charge in [0.2, 0.25) is 12.8 Å². The van der Waals surface area contributed by atoms with Crippen molar-refractivity contribution in [1.29, 1.82) is 0 Å². The van der Waals surface area contributed by atoms with Gasteiger partial charge in [-0.1, -0.05) is 0 Å². The molecule has 1 saturated carbocycles. The van der Waals surface area contributed by atoms with Crippen LogP contribution in [-0.2, 0) is 28.7 Å². The lowest BCUT2D eigenvalue weighted by Crippen LogP contribution is -2.75. The van der Waals surface area contributed by atoms with Crippen molar-refractivity contribution in [2.24, 2.45) is 5.41 Å². The Morgan fingerprint density at radius 1 is 0.926 bits per heavy atom. The van der Waals surface area contributed by atoms with E-state index < -0.39 is 53.9 Å². The van der Waals surface area contributed by atoms with E-state index in [1.165, 1.54) is 0 Å². The van der Waals surface area contributed by atoms with Crippen LogP contribution in [0.15, 0.2) is 0 Å². The van der Waals surface area contributed by atoms with E-state index in [1.54, 1.807) is 27.7 Å². The van der Waals surface area contributed by atoms with Crippen LogP contribution < -0.4 is 10.6 Å². The number of aliphatic hydroxyl groups excluding tert-OH is 2. The predicted molar refractivity (Wildman–Crippen MR) is 92.2 cm³/mol. The summed E-state index contributed by atoms with van der Waals surface area (Å²) in [5.41, 5.74) is -5.66. The number of rotatable bonds is 12. The fourth-order valence-corrected chi connectivity index (χ4v) is 3.48. The molecule has 1 rings (SSSR count). The molecule has 1 fully saturated rings. The summed E-state index contributed by atoms with van der Waals surface area (Å²) in [6.07, 6.45) is -0.467. The summed E-state index contributed by atoms with van der Waals surface area (Å²) >= 11 is 0. The largest absolute Gasteiger partial charge is 0.461 e. The summed E-state index contributed by atoms with van der Waals surface area (Å²) in [4.78, 5) is 48.2. The van der Waals surface area contributed by atoms with Crippen molar-refractivity contribution in [1.82, 2.24) is 10.6 Å². The van der Waals surface area contributed by atoms with E-state index in [-0.39, 0.29) is 25.7 Å². The molecule has 2 amide bonds. The molecule has 2 atom stereocenters. The van der Waals surface area contributed by atoms with Crippen LogP contribution >= 0.6 is 0 Å². The molecule has 0 aliphatic heterocycles. The number of hydrogen-bond donors (Lipinski definition) is 4.